The molecule has 0 aromatic rings. The first-order valence-electron chi connectivity index (χ1n) is 6.04. The number of nitrogens with two attached hydrogens (primary N) is 1. The van der Waals surface area contributed by atoms with Crippen molar-refractivity contribution in [3.63, 3.8) is 0 Å². The van der Waals surface area contributed by atoms with Crippen LogP contribution in [0.15, 0.2) is 0 Å². The van der Waals surface area contributed by atoms with Crippen molar-refractivity contribution >= 4 is 27.0 Å². The quantitative estimate of drug-likeness (QED) is 0.357. The van der Waals surface area contributed by atoms with Crippen LogP contribution in [0.2, 0.25) is 0 Å². The van der Waals surface area contributed by atoms with Gasteiger partial charge in [0.1, 0.15) is 0 Å². The molecule has 0 spiro atoms. The highest BCUT2D eigenvalue weighted by atomic mass is 31.0. The summed E-state index contributed by atoms with van der Waals surface area (Å²) in [5, 5.41) is 7.19. The van der Waals surface area contributed by atoms with E-state index in [0.717, 1.165) is 6.16 Å². The molecule has 0 fully saturated rings. The average Bonchev–Trinajstić information content (AvgIpc) is 2.33. The minimum absolute atomic E-state index is 0.00385. The standard InChI is InChI=1S/C11H24N5O2P/c1-9(17)16(6-7-19)5-4-14(2)10(18)8-15(3)11(12)13/h4-8,19H2,1-3H3,(H3,12,13). The van der Waals surface area contributed by atoms with E-state index in [1.54, 1.807) is 19.0 Å². The SMILES string of the molecule is CC(=O)N(CCP)CCN(C)C(=O)CN(C)C(=N)N. The molecule has 0 saturated carbocycles. The van der Waals surface area contributed by atoms with E-state index in [0.29, 0.717) is 19.6 Å². The minimum Gasteiger partial charge on any atom is -0.370 e. The molecule has 0 saturated heterocycles. The first-order valence-corrected chi connectivity index (χ1v) is 6.86. The number of likely N-dealkylation sites (N-methyl/N-ethyl adjacent to an activating group) is 2. The Labute approximate surface area is 116 Å². The number of hydrogen-bond acceptors (Lipinski definition) is 3. The van der Waals surface area contributed by atoms with Gasteiger partial charge in [0.15, 0.2) is 5.96 Å². The summed E-state index contributed by atoms with van der Waals surface area (Å²) in [7, 11) is 5.84. The van der Waals surface area contributed by atoms with Crippen molar-refractivity contribution in [2.75, 3.05) is 46.4 Å². The molecule has 8 heteroatoms. The van der Waals surface area contributed by atoms with E-state index < -0.39 is 0 Å². The molecule has 110 valence electrons. The third-order valence-corrected chi connectivity index (χ3v) is 3.02. The van der Waals surface area contributed by atoms with Crippen LogP contribution in [0.3, 0.4) is 0 Å². The Morgan fingerprint density at radius 1 is 1.16 bits per heavy atom. The predicted molar refractivity (Wildman–Crippen MR) is 79.0 cm³/mol. The second kappa shape index (κ2) is 8.69. The lowest BCUT2D eigenvalue weighted by molar-refractivity contribution is -0.133. The maximum absolute atomic E-state index is 11.8. The van der Waals surface area contributed by atoms with Crippen molar-refractivity contribution in [2.24, 2.45) is 5.73 Å². The Bertz CT molecular complexity index is 337. The Morgan fingerprint density at radius 2 is 1.74 bits per heavy atom. The van der Waals surface area contributed by atoms with Crippen molar-refractivity contribution in [2.45, 2.75) is 6.92 Å². The van der Waals surface area contributed by atoms with Crippen LogP contribution in [0.1, 0.15) is 6.92 Å². The Hall–Kier alpha value is -1.36. The molecule has 3 N–H and O–H groups in total. The smallest absolute Gasteiger partial charge is 0.241 e. The van der Waals surface area contributed by atoms with E-state index in [9.17, 15) is 9.59 Å². The zero-order valence-corrected chi connectivity index (χ0v) is 13.0. The molecule has 0 rings (SSSR count). The van der Waals surface area contributed by atoms with Crippen LogP contribution in [-0.2, 0) is 9.59 Å². The van der Waals surface area contributed by atoms with Crippen LogP contribution in [0.4, 0.5) is 0 Å². The van der Waals surface area contributed by atoms with Crippen LogP contribution in [0, 0.1) is 5.41 Å². The third kappa shape index (κ3) is 6.96. The Kier molecular flexibility index (Phi) is 8.07. The van der Waals surface area contributed by atoms with E-state index in [-0.39, 0.29) is 24.3 Å². The van der Waals surface area contributed by atoms with Gasteiger partial charge in [-0.2, -0.15) is 0 Å². The summed E-state index contributed by atoms with van der Waals surface area (Å²) in [6, 6.07) is 0. The molecule has 2 amide bonds. The number of hydrogen-bond donors (Lipinski definition) is 2. The molecule has 0 aliphatic heterocycles. The molecule has 0 bridgehead atoms. The van der Waals surface area contributed by atoms with Gasteiger partial charge in [-0.25, -0.2) is 0 Å². The van der Waals surface area contributed by atoms with Gasteiger partial charge in [0.05, 0.1) is 6.54 Å². The molecule has 0 aromatic heterocycles. The number of guanidine groups is 1. The molecular formula is C11H24N5O2P. The zero-order chi connectivity index (χ0) is 15.0. The molecule has 0 aliphatic carbocycles. The number of amides is 2. The Balaban J connectivity index is 4.21. The number of nitrogens with one attached hydrogen (secondary N) is 1. The number of rotatable bonds is 7. The second-order valence-corrected chi connectivity index (χ2v) is 4.93. The fourth-order valence-corrected chi connectivity index (χ4v) is 1.70. The maximum atomic E-state index is 11.8. The average molecular weight is 289 g/mol. The van der Waals surface area contributed by atoms with Crippen LogP contribution < -0.4 is 5.73 Å². The topological polar surface area (TPSA) is 93.7 Å². The van der Waals surface area contributed by atoms with Gasteiger partial charge in [0, 0.05) is 40.7 Å². The summed E-state index contributed by atoms with van der Waals surface area (Å²) < 4.78 is 0. The highest BCUT2D eigenvalue weighted by Crippen LogP contribution is 1.95. The lowest BCUT2D eigenvalue weighted by Crippen LogP contribution is -2.44. The van der Waals surface area contributed by atoms with Gasteiger partial charge in [0.2, 0.25) is 11.8 Å². The van der Waals surface area contributed by atoms with Gasteiger partial charge in [-0.15, -0.1) is 9.24 Å². The van der Waals surface area contributed by atoms with Gasteiger partial charge < -0.3 is 20.4 Å². The lowest BCUT2D eigenvalue weighted by Gasteiger charge is -2.26. The normalized spacial score (nSPS) is 9.89. The van der Waals surface area contributed by atoms with Crippen LogP contribution in [0.5, 0.6) is 0 Å². The lowest BCUT2D eigenvalue weighted by atomic mass is 10.4. The molecule has 0 aromatic carbocycles. The van der Waals surface area contributed by atoms with E-state index >= 15 is 0 Å². The molecular weight excluding hydrogens is 265 g/mol. The molecule has 0 radical (unpaired) electrons. The highest BCUT2D eigenvalue weighted by Gasteiger charge is 2.14. The third-order valence-electron chi connectivity index (χ3n) is 2.76. The first kappa shape index (κ1) is 17.6. The van der Waals surface area contributed by atoms with Crippen molar-refractivity contribution in [3.05, 3.63) is 0 Å². The number of carbonyl (C=O) groups is 2. The summed E-state index contributed by atoms with van der Waals surface area (Å²) >= 11 is 0. The number of carbonyl (C=O) groups excluding carboxylic acids is 2. The molecule has 19 heavy (non-hydrogen) atoms. The summed E-state index contributed by atoms with van der Waals surface area (Å²) in [5.74, 6) is -0.272. The van der Waals surface area contributed by atoms with Gasteiger partial charge in [-0.3, -0.25) is 15.0 Å². The van der Waals surface area contributed by atoms with Gasteiger partial charge >= 0.3 is 0 Å². The van der Waals surface area contributed by atoms with E-state index in [2.05, 4.69) is 9.24 Å². The van der Waals surface area contributed by atoms with Crippen molar-refractivity contribution < 1.29 is 9.59 Å². The van der Waals surface area contributed by atoms with E-state index in [1.807, 2.05) is 0 Å². The molecule has 7 nitrogen and oxygen atoms in total. The van der Waals surface area contributed by atoms with Gasteiger partial charge in [0.25, 0.3) is 0 Å². The van der Waals surface area contributed by atoms with Gasteiger partial charge in [-0.1, -0.05) is 0 Å². The van der Waals surface area contributed by atoms with Crippen molar-refractivity contribution in [1.29, 1.82) is 5.41 Å². The van der Waals surface area contributed by atoms with Crippen molar-refractivity contribution in [3.8, 4) is 0 Å². The minimum atomic E-state index is -0.143. The fourth-order valence-electron chi connectivity index (χ4n) is 1.39. The fraction of sp³-hybridized carbons (Fsp3) is 0.727. The largest absolute Gasteiger partial charge is 0.370 e. The number of nitrogens with zero attached hydrogens (tertiary/aromatic N) is 3. The summed E-state index contributed by atoms with van der Waals surface area (Å²) in [6.45, 7) is 3.22. The Morgan fingerprint density at radius 3 is 2.16 bits per heavy atom. The summed E-state index contributed by atoms with van der Waals surface area (Å²) in [4.78, 5) is 27.8. The van der Waals surface area contributed by atoms with Crippen molar-refractivity contribution in [1.82, 2.24) is 14.7 Å². The molecule has 0 aliphatic rings. The van der Waals surface area contributed by atoms with Gasteiger partial charge in [-0.05, 0) is 6.16 Å². The van der Waals surface area contributed by atoms with E-state index in [4.69, 9.17) is 11.1 Å². The highest BCUT2D eigenvalue weighted by molar-refractivity contribution is 7.16. The van der Waals surface area contributed by atoms with Crippen LogP contribution in [-0.4, -0.2) is 78.9 Å². The summed E-state index contributed by atoms with van der Waals surface area (Å²) in [6.07, 6.45) is 0.810. The molecule has 1 unspecified atom stereocenters. The summed E-state index contributed by atoms with van der Waals surface area (Å²) in [5.41, 5.74) is 5.27. The monoisotopic (exact) mass is 289 g/mol. The zero-order valence-electron chi connectivity index (χ0n) is 11.8. The first-order chi connectivity index (χ1) is 8.79. The van der Waals surface area contributed by atoms with Crippen LogP contribution in [0.25, 0.3) is 0 Å². The molecule has 0 heterocycles. The predicted octanol–water partition coefficient (Wildman–Crippen LogP) is -1.01. The second-order valence-electron chi connectivity index (χ2n) is 4.35. The molecule has 1 atom stereocenters. The van der Waals surface area contributed by atoms with E-state index in [1.165, 1.54) is 16.7 Å². The maximum Gasteiger partial charge on any atom is 0.241 e. The van der Waals surface area contributed by atoms with Crippen LogP contribution >= 0.6 is 9.24 Å².